The minimum atomic E-state index is -0.133. The number of anilines is 1. The first kappa shape index (κ1) is 14.0. The molecule has 2 rings (SSSR count). The summed E-state index contributed by atoms with van der Waals surface area (Å²) < 4.78 is 0. The number of nitrogens with one attached hydrogen (secondary N) is 1. The predicted octanol–water partition coefficient (Wildman–Crippen LogP) is 2.82. The number of nitrogens with zero attached hydrogens (tertiary/aromatic N) is 2. The quantitative estimate of drug-likeness (QED) is 0.924. The van der Waals surface area contributed by atoms with Crippen molar-refractivity contribution in [3.05, 3.63) is 17.0 Å². The van der Waals surface area contributed by atoms with Crippen LogP contribution in [-0.4, -0.2) is 29.9 Å². The molecule has 1 aliphatic rings. The number of hydrogen-bond acceptors (Lipinski definition) is 4. The van der Waals surface area contributed by atoms with Gasteiger partial charge in [-0.25, -0.2) is 0 Å². The predicted molar refractivity (Wildman–Crippen MR) is 77.2 cm³/mol. The molecule has 1 aromatic rings. The molecule has 0 spiro atoms. The lowest BCUT2D eigenvalue weighted by Gasteiger charge is -2.26. The van der Waals surface area contributed by atoms with Gasteiger partial charge in [-0.2, -0.15) is 5.26 Å². The zero-order valence-electron chi connectivity index (χ0n) is 11.2. The molecule has 4 nitrogen and oxygen atoms in total. The van der Waals surface area contributed by atoms with Crippen LogP contribution in [0.4, 0.5) is 5.00 Å². The Hall–Kier alpha value is -1.38. The highest BCUT2D eigenvalue weighted by Gasteiger charge is 2.22. The summed E-state index contributed by atoms with van der Waals surface area (Å²) in [5, 5.41) is 14.3. The lowest BCUT2D eigenvalue weighted by molar-refractivity contribution is -0.120. The summed E-state index contributed by atoms with van der Waals surface area (Å²) in [7, 11) is 0. The van der Waals surface area contributed by atoms with Crippen molar-refractivity contribution in [3.63, 3.8) is 0 Å². The fraction of sp³-hybridized carbons (Fsp3) is 0.571. The molecule has 0 bridgehead atoms. The number of thiophene rings is 1. The second-order valence-electron chi connectivity index (χ2n) is 4.89. The van der Waals surface area contributed by atoms with Crippen LogP contribution in [0.5, 0.6) is 0 Å². The molecule has 1 saturated heterocycles. The zero-order valence-corrected chi connectivity index (χ0v) is 12.0. The van der Waals surface area contributed by atoms with E-state index in [1.54, 1.807) is 6.07 Å². The van der Waals surface area contributed by atoms with Crippen molar-refractivity contribution < 1.29 is 4.79 Å². The molecule has 1 aromatic heterocycles. The maximum Gasteiger partial charge on any atom is 0.242 e. The number of carbonyl (C=O) groups is 1. The van der Waals surface area contributed by atoms with Gasteiger partial charge in [0.1, 0.15) is 11.1 Å². The van der Waals surface area contributed by atoms with Gasteiger partial charge in [0.25, 0.3) is 0 Å². The Bertz CT molecular complexity index is 469. The number of hydrogen-bond donors (Lipinski definition) is 1. The molecule has 0 unspecified atom stereocenters. The first-order valence-corrected chi connectivity index (χ1v) is 7.63. The average molecular weight is 277 g/mol. The van der Waals surface area contributed by atoms with Crippen molar-refractivity contribution in [1.82, 2.24) is 4.90 Å². The maximum absolute atomic E-state index is 12.2. The van der Waals surface area contributed by atoms with Gasteiger partial charge in [0.05, 0.1) is 11.6 Å². The molecule has 2 heterocycles. The molecule has 1 fully saturated rings. The minimum absolute atomic E-state index is 0.0131. The molecule has 1 atom stereocenters. The van der Waals surface area contributed by atoms with E-state index >= 15 is 0 Å². The van der Waals surface area contributed by atoms with E-state index in [9.17, 15) is 4.79 Å². The van der Waals surface area contributed by atoms with Crippen LogP contribution in [0.1, 0.15) is 38.2 Å². The van der Waals surface area contributed by atoms with E-state index < -0.39 is 0 Å². The van der Waals surface area contributed by atoms with Gasteiger partial charge in [-0.15, -0.1) is 11.3 Å². The number of carbonyl (C=O) groups excluding carboxylic acids is 1. The number of amides is 1. The lowest BCUT2D eigenvalue weighted by atomic mass is 10.2. The van der Waals surface area contributed by atoms with Crippen molar-refractivity contribution in [2.75, 3.05) is 18.4 Å². The molecule has 0 aromatic carbocycles. The number of likely N-dealkylation sites (tertiary alicyclic amines) is 1. The van der Waals surface area contributed by atoms with Crippen LogP contribution in [0.25, 0.3) is 0 Å². The van der Waals surface area contributed by atoms with Crippen LogP contribution in [0, 0.1) is 11.3 Å². The van der Waals surface area contributed by atoms with Crippen molar-refractivity contribution in [2.45, 2.75) is 38.6 Å². The molecule has 5 heteroatoms. The van der Waals surface area contributed by atoms with Gasteiger partial charge < -0.3 is 5.32 Å². The van der Waals surface area contributed by atoms with Gasteiger partial charge in [0.15, 0.2) is 0 Å². The van der Waals surface area contributed by atoms with E-state index in [0.29, 0.717) is 10.6 Å². The Morgan fingerprint density at radius 3 is 2.74 bits per heavy atom. The Balaban J connectivity index is 1.97. The van der Waals surface area contributed by atoms with Gasteiger partial charge in [-0.1, -0.05) is 12.8 Å². The molecule has 1 N–H and O–H groups in total. The minimum Gasteiger partial charge on any atom is -0.315 e. The summed E-state index contributed by atoms with van der Waals surface area (Å²) in [6.07, 6.45) is 4.85. The highest BCUT2D eigenvalue weighted by atomic mass is 32.1. The van der Waals surface area contributed by atoms with Crippen LogP contribution in [0.15, 0.2) is 11.4 Å². The molecular weight excluding hydrogens is 258 g/mol. The summed E-state index contributed by atoms with van der Waals surface area (Å²) in [6.45, 7) is 3.93. The smallest absolute Gasteiger partial charge is 0.242 e. The molecule has 0 aliphatic carbocycles. The van der Waals surface area contributed by atoms with Crippen LogP contribution < -0.4 is 5.32 Å². The fourth-order valence-corrected chi connectivity index (χ4v) is 3.10. The van der Waals surface area contributed by atoms with Crippen LogP contribution in [0.3, 0.4) is 0 Å². The number of nitriles is 1. The first-order chi connectivity index (χ1) is 9.22. The molecule has 0 radical (unpaired) electrons. The van der Waals surface area contributed by atoms with Gasteiger partial charge >= 0.3 is 0 Å². The summed E-state index contributed by atoms with van der Waals surface area (Å²) in [6, 6.07) is 3.69. The van der Waals surface area contributed by atoms with Crippen LogP contribution in [0.2, 0.25) is 0 Å². The highest BCUT2D eigenvalue weighted by molar-refractivity contribution is 7.14. The SMILES string of the molecule is C[C@@H](C(=O)Nc1sccc1C#N)N1CCCCCC1. The summed E-state index contributed by atoms with van der Waals surface area (Å²) >= 11 is 1.40. The third kappa shape index (κ3) is 3.55. The monoisotopic (exact) mass is 277 g/mol. The molecule has 19 heavy (non-hydrogen) atoms. The maximum atomic E-state index is 12.2. The Morgan fingerprint density at radius 1 is 1.42 bits per heavy atom. The van der Waals surface area contributed by atoms with E-state index in [1.807, 2.05) is 12.3 Å². The normalized spacial score (nSPS) is 18.3. The fourth-order valence-electron chi connectivity index (χ4n) is 2.36. The molecule has 102 valence electrons. The second kappa shape index (κ2) is 6.69. The van der Waals surface area contributed by atoms with E-state index in [2.05, 4.69) is 16.3 Å². The highest BCUT2D eigenvalue weighted by Crippen LogP contribution is 2.23. The third-order valence-corrected chi connectivity index (χ3v) is 4.42. The largest absolute Gasteiger partial charge is 0.315 e. The van der Waals surface area contributed by atoms with E-state index in [-0.39, 0.29) is 11.9 Å². The van der Waals surface area contributed by atoms with E-state index in [1.165, 1.54) is 37.0 Å². The molecular formula is C14H19N3OS. The zero-order chi connectivity index (χ0) is 13.7. The topological polar surface area (TPSA) is 56.1 Å². The molecule has 1 aliphatic heterocycles. The molecule has 0 saturated carbocycles. The molecule has 1 amide bonds. The lowest BCUT2D eigenvalue weighted by Crippen LogP contribution is -2.42. The van der Waals surface area contributed by atoms with Gasteiger partial charge in [0.2, 0.25) is 5.91 Å². The van der Waals surface area contributed by atoms with E-state index in [0.717, 1.165) is 13.1 Å². The number of rotatable bonds is 3. The van der Waals surface area contributed by atoms with Crippen LogP contribution >= 0.6 is 11.3 Å². The first-order valence-electron chi connectivity index (χ1n) is 6.75. The van der Waals surface area contributed by atoms with E-state index in [4.69, 9.17) is 5.26 Å². The van der Waals surface area contributed by atoms with Gasteiger partial charge in [-0.3, -0.25) is 9.69 Å². The Labute approximate surface area is 118 Å². The summed E-state index contributed by atoms with van der Waals surface area (Å²) in [5.41, 5.74) is 0.543. The Kier molecular flexibility index (Phi) is 4.94. The standard InChI is InChI=1S/C14H19N3OS/c1-11(17-7-4-2-3-5-8-17)13(18)16-14-12(10-15)6-9-19-14/h6,9,11H,2-5,7-8H2,1H3,(H,16,18)/t11-/m0/s1. The van der Waals surface area contributed by atoms with Gasteiger partial charge in [0, 0.05) is 0 Å². The van der Waals surface area contributed by atoms with Crippen molar-refractivity contribution in [1.29, 1.82) is 5.26 Å². The third-order valence-electron chi connectivity index (χ3n) is 3.59. The summed E-state index contributed by atoms with van der Waals surface area (Å²) in [5.74, 6) is -0.0131. The van der Waals surface area contributed by atoms with Gasteiger partial charge in [-0.05, 0) is 44.3 Å². The van der Waals surface area contributed by atoms with Crippen LogP contribution in [-0.2, 0) is 4.79 Å². The summed E-state index contributed by atoms with van der Waals surface area (Å²) in [4.78, 5) is 14.5. The van der Waals surface area contributed by atoms with Crippen molar-refractivity contribution >= 4 is 22.2 Å². The second-order valence-corrected chi connectivity index (χ2v) is 5.81. The Morgan fingerprint density at radius 2 is 2.11 bits per heavy atom. The van der Waals surface area contributed by atoms with Crippen molar-refractivity contribution in [2.24, 2.45) is 0 Å². The van der Waals surface area contributed by atoms with Crippen molar-refractivity contribution in [3.8, 4) is 6.07 Å². The average Bonchev–Trinajstić information content (AvgIpc) is 2.69.